The van der Waals surface area contributed by atoms with Gasteiger partial charge in [-0.1, -0.05) is 41.0 Å². The standard InChI is InChI=1S/C16H14Cl2N6OS2/c17-9-2-1-8(5-10(9)18)11-7-27-15(21-11)24-14(25)3-4-26-16-22-12(19)6-13(20)23-16/h1-2,5-7H,3-4H2,(H,21,24,25)(H4,19,20,22,23). The molecular formula is C16H14Cl2N6OS2. The third kappa shape index (κ3) is 5.46. The molecule has 0 radical (unpaired) electrons. The van der Waals surface area contributed by atoms with Gasteiger partial charge in [-0.2, -0.15) is 0 Å². The SMILES string of the molecule is Nc1cc(N)nc(SCCC(=O)Nc2nc(-c3ccc(Cl)c(Cl)c3)cs2)n1. The number of nitrogens with one attached hydrogen (secondary N) is 1. The van der Waals surface area contributed by atoms with Crippen molar-refractivity contribution in [2.24, 2.45) is 0 Å². The van der Waals surface area contributed by atoms with Gasteiger partial charge in [-0.05, 0) is 12.1 Å². The number of nitrogens with two attached hydrogens (primary N) is 2. The van der Waals surface area contributed by atoms with Gasteiger partial charge in [0.1, 0.15) is 11.6 Å². The Morgan fingerprint density at radius 2 is 1.85 bits per heavy atom. The highest BCUT2D eigenvalue weighted by molar-refractivity contribution is 7.99. The Morgan fingerprint density at radius 1 is 1.11 bits per heavy atom. The molecule has 0 spiro atoms. The van der Waals surface area contributed by atoms with E-state index in [1.54, 1.807) is 12.1 Å². The summed E-state index contributed by atoms with van der Waals surface area (Å²) in [4.78, 5) is 24.6. The summed E-state index contributed by atoms with van der Waals surface area (Å²) in [7, 11) is 0. The van der Waals surface area contributed by atoms with E-state index in [2.05, 4.69) is 20.3 Å². The second-order valence-electron chi connectivity index (χ2n) is 5.31. The van der Waals surface area contributed by atoms with Crippen LogP contribution in [0.15, 0.2) is 34.8 Å². The number of nitrogen functional groups attached to an aromatic ring is 2. The van der Waals surface area contributed by atoms with Crippen LogP contribution in [-0.4, -0.2) is 26.6 Å². The zero-order chi connectivity index (χ0) is 19.4. The van der Waals surface area contributed by atoms with Gasteiger partial charge >= 0.3 is 0 Å². The van der Waals surface area contributed by atoms with Crippen LogP contribution < -0.4 is 16.8 Å². The molecule has 140 valence electrons. The van der Waals surface area contributed by atoms with Crippen molar-refractivity contribution in [1.82, 2.24) is 15.0 Å². The van der Waals surface area contributed by atoms with Gasteiger partial charge in [-0.15, -0.1) is 11.3 Å². The maximum absolute atomic E-state index is 12.1. The van der Waals surface area contributed by atoms with Crippen molar-refractivity contribution < 1.29 is 4.79 Å². The quantitative estimate of drug-likeness (QED) is 0.388. The van der Waals surface area contributed by atoms with E-state index in [0.717, 1.165) is 5.56 Å². The van der Waals surface area contributed by atoms with Crippen molar-refractivity contribution in [2.45, 2.75) is 11.6 Å². The largest absolute Gasteiger partial charge is 0.383 e. The molecule has 2 heterocycles. The van der Waals surface area contributed by atoms with Crippen LogP contribution >= 0.6 is 46.3 Å². The molecule has 5 N–H and O–H groups in total. The maximum atomic E-state index is 12.1. The number of benzene rings is 1. The number of thioether (sulfide) groups is 1. The zero-order valence-corrected chi connectivity index (χ0v) is 16.9. The lowest BCUT2D eigenvalue weighted by molar-refractivity contribution is -0.115. The van der Waals surface area contributed by atoms with Crippen molar-refractivity contribution in [3.8, 4) is 11.3 Å². The second kappa shape index (κ2) is 8.75. The van der Waals surface area contributed by atoms with Crippen molar-refractivity contribution >= 4 is 69.0 Å². The highest BCUT2D eigenvalue weighted by Crippen LogP contribution is 2.30. The summed E-state index contributed by atoms with van der Waals surface area (Å²) in [6, 6.07) is 6.74. The topological polar surface area (TPSA) is 120 Å². The molecule has 0 bridgehead atoms. The Morgan fingerprint density at radius 3 is 2.56 bits per heavy atom. The fourth-order valence-electron chi connectivity index (χ4n) is 2.06. The molecule has 11 heteroatoms. The first-order valence-electron chi connectivity index (χ1n) is 7.64. The molecule has 0 fully saturated rings. The second-order valence-corrected chi connectivity index (χ2v) is 8.05. The fourth-order valence-corrected chi connectivity index (χ4v) is 3.91. The Bertz CT molecular complexity index is 961. The van der Waals surface area contributed by atoms with Gasteiger partial charge in [-0.25, -0.2) is 15.0 Å². The molecule has 0 aliphatic rings. The first-order chi connectivity index (χ1) is 12.9. The van der Waals surface area contributed by atoms with Crippen LogP contribution in [0.2, 0.25) is 10.0 Å². The molecule has 3 aromatic rings. The Kier molecular flexibility index (Phi) is 6.38. The predicted octanol–water partition coefficient (Wildman–Crippen LogP) is 4.19. The van der Waals surface area contributed by atoms with Crippen LogP contribution in [0.4, 0.5) is 16.8 Å². The van der Waals surface area contributed by atoms with E-state index in [0.29, 0.717) is 43.4 Å². The molecule has 27 heavy (non-hydrogen) atoms. The Hall–Kier alpha value is -2.07. The summed E-state index contributed by atoms with van der Waals surface area (Å²) >= 11 is 14.6. The summed E-state index contributed by atoms with van der Waals surface area (Å²) in [5.41, 5.74) is 12.8. The summed E-state index contributed by atoms with van der Waals surface area (Å²) in [5, 5.41) is 6.50. The number of rotatable bonds is 6. The van der Waals surface area contributed by atoms with E-state index in [9.17, 15) is 4.79 Å². The summed E-state index contributed by atoms with van der Waals surface area (Å²) < 4.78 is 0. The lowest BCUT2D eigenvalue weighted by Gasteiger charge is -2.03. The van der Waals surface area contributed by atoms with E-state index in [-0.39, 0.29) is 12.3 Å². The molecular weight excluding hydrogens is 427 g/mol. The number of aromatic nitrogens is 3. The number of thiazole rings is 1. The minimum atomic E-state index is -0.158. The van der Waals surface area contributed by atoms with Gasteiger partial charge in [0.25, 0.3) is 0 Å². The van der Waals surface area contributed by atoms with Gasteiger partial charge in [-0.3, -0.25) is 4.79 Å². The van der Waals surface area contributed by atoms with Gasteiger partial charge < -0.3 is 16.8 Å². The van der Waals surface area contributed by atoms with E-state index < -0.39 is 0 Å². The molecule has 1 aromatic carbocycles. The van der Waals surface area contributed by atoms with Crippen LogP contribution in [0.3, 0.4) is 0 Å². The number of nitrogens with zero attached hydrogens (tertiary/aromatic N) is 3. The first-order valence-corrected chi connectivity index (χ1v) is 10.3. The number of carbonyl (C=O) groups is 1. The monoisotopic (exact) mass is 440 g/mol. The van der Waals surface area contributed by atoms with E-state index in [4.69, 9.17) is 34.7 Å². The average Bonchev–Trinajstić information content (AvgIpc) is 3.05. The molecule has 0 aliphatic carbocycles. The van der Waals surface area contributed by atoms with Crippen LogP contribution in [0.1, 0.15) is 6.42 Å². The molecule has 1 amide bonds. The lowest BCUT2D eigenvalue weighted by Crippen LogP contribution is -2.12. The minimum Gasteiger partial charge on any atom is -0.383 e. The highest BCUT2D eigenvalue weighted by Gasteiger charge is 2.10. The van der Waals surface area contributed by atoms with E-state index in [1.165, 1.54) is 29.2 Å². The Balaban J connectivity index is 1.54. The molecule has 2 aromatic heterocycles. The number of anilines is 3. The number of amides is 1. The minimum absolute atomic E-state index is 0.158. The molecule has 3 rings (SSSR count). The van der Waals surface area contributed by atoms with Crippen LogP contribution in [0.25, 0.3) is 11.3 Å². The molecule has 7 nitrogen and oxygen atoms in total. The average molecular weight is 441 g/mol. The third-order valence-electron chi connectivity index (χ3n) is 3.27. The molecule has 0 atom stereocenters. The molecule has 0 saturated carbocycles. The summed E-state index contributed by atoms with van der Waals surface area (Å²) in [6.45, 7) is 0. The Labute approximate surface area is 173 Å². The van der Waals surface area contributed by atoms with Gasteiger partial charge in [0, 0.05) is 29.2 Å². The van der Waals surface area contributed by atoms with E-state index in [1.807, 2.05) is 11.4 Å². The zero-order valence-electron chi connectivity index (χ0n) is 13.8. The third-order valence-corrected chi connectivity index (χ3v) is 5.62. The highest BCUT2D eigenvalue weighted by atomic mass is 35.5. The van der Waals surface area contributed by atoms with Crippen molar-refractivity contribution in [3.63, 3.8) is 0 Å². The lowest BCUT2D eigenvalue weighted by atomic mass is 10.2. The maximum Gasteiger partial charge on any atom is 0.226 e. The molecule has 0 unspecified atom stereocenters. The molecule has 0 saturated heterocycles. The van der Waals surface area contributed by atoms with Gasteiger partial charge in [0.15, 0.2) is 10.3 Å². The van der Waals surface area contributed by atoms with Crippen molar-refractivity contribution in [2.75, 3.05) is 22.5 Å². The predicted molar refractivity (Wildman–Crippen MR) is 112 cm³/mol. The fraction of sp³-hybridized carbons (Fsp3) is 0.125. The summed E-state index contributed by atoms with van der Waals surface area (Å²) in [6.07, 6.45) is 0.268. The van der Waals surface area contributed by atoms with Gasteiger partial charge in [0.05, 0.1) is 15.7 Å². The number of hydrogen-bond acceptors (Lipinski definition) is 8. The van der Waals surface area contributed by atoms with Crippen molar-refractivity contribution in [3.05, 3.63) is 39.7 Å². The number of halogens is 2. The van der Waals surface area contributed by atoms with Crippen molar-refractivity contribution in [1.29, 1.82) is 0 Å². The molecule has 0 aliphatic heterocycles. The number of hydrogen-bond donors (Lipinski definition) is 3. The number of carbonyl (C=O) groups excluding carboxylic acids is 1. The smallest absolute Gasteiger partial charge is 0.226 e. The van der Waals surface area contributed by atoms with Gasteiger partial charge in [0.2, 0.25) is 5.91 Å². The van der Waals surface area contributed by atoms with Crippen LogP contribution in [0.5, 0.6) is 0 Å². The first kappa shape index (κ1) is 19.7. The summed E-state index contributed by atoms with van der Waals surface area (Å²) in [5.74, 6) is 0.924. The van der Waals surface area contributed by atoms with E-state index >= 15 is 0 Å². The normalized spacial score (nSPS) is 10.7. The van der Waals surface area contributed by atoms with Crippen LogP contribution in [0, 0.1) is 0 Å². The van der Waals surface area contributed by atoms with Crippen LogP contribution in [-0.2, 0) is 4.79 Å².